The Balaban J connectivity index is 2.33. The summed E-state index contributed by atoms with van der Waals surface area (Å²) in [6.45, 7) is 1.39. The van der Waals surface area contributed by atoms with Crippen LogP contribution in [0.25, 0.3) is 0 Å². The number of hydrogen-bond donors (Lipinski definition) is 1. The Bertz CT molecular complexity index is 671. The van der Waals surface area contributed by atoms with Gasteiger partial charge in [0.25, 0.3) is 5.91 Å². The molecule has 0 aliphatic rings. The van der Waals surface area contributed by atoms with Crippen LogP contribution in [0.1, 0.15) is 17.3 Å². The Labute approximate surface area is 122 Å². The van der Waals surface area contributed by atoms with Gasteiger partial charge in [0.15, 0.2) is 0 Å². The van der Waals surface area contributed by atoms with Crippen LogP contribution in [-0.4, -0.2) is 18.9 Å². The Morgan fingerprint density at radius 3 is 2.38 bits per heavy atom. The molecular formula is C16H15FN2O2. The van der Waals surface area contributed by atoms with Crippen molar-refractivity contribution >= 4 is 23.2 Å². The minimum absolute atomic E-state index is 0.211. The van der Waals surface area contributed by atoms with Crippen molar-refractivity contribution in [3.05, 3.63) is 59.9 Å². The van der Waals surface area contributed by atoms with Crippen LogP contribution in [0.5, 0.6) is 0 Å². The zero-order chi connectivity index (χ0) is 15.4. The monoisotopic (exact) mass is 286 g/mol. The van der Waals surface area contributed by atoms with Crippen molar-refractivity contribution in [3.63, 3.8) is 0 Å². The first-order chi connectivity index (χ1) is 9.99. The van der Waals surface area contributed by atoms with Crippen LogP contribution in [-0.2, 0) is 4.79 Å². The summed E-state index contributed by atoms with van der Waals surface area (Å²) >= 11 is 0. The largest absolute Gasteiger partial charge is 0.320 e. The van der Waals surface area contributed by atoms with Crippen LogP contribution in [0.3, 0.4) is 0 Å². The second-order valence-corrected chi connectivity index (χ2v) is 4.56. The van der Waals surface area contributed by atoms with Gasteiger partial charge in [-0.1, -0.05) is 18.2 Å². The first-order valence-electron chi connectivity index (χ1n) is 6.39. The van der Waals surface area contributed by atoms with E-state index in [0.29, 0.717) is 11.3 Å². The summed E-state index contributed by atoms with van der Waals surface area (Å²) in [5.74, 6) is -1.06. The number of nitrogens with zero attached hydrogens (tertiary/aromatic N) is 1. The molecule has 0 spiro atoms. The van der Waals surface area contributed by atoms with Crippen molar-refractivity contribution < 1.29 is 14.0 Å². The molecule has 0 unspecified atom stereocenters. The highest BCUT2D eigenvalue weighted by Gasteiger charge is 2.14. The third-order valence-electron chi connectivity index (χ3n) is 3.08. The minimum Gasteiger partial charge on any atom is -0.320 e. The molecule has 0 heterocycles. The molecule has 0 fully saturated rings. The van der Waals surface area contributed by atoms with Gasteiger partial charge in [-0.25, -0.2) is 4.39 Å². The molecule has 0 atom stereocenters. The predicted molar refractivity (Wildman–Crippen MR) is 79.9 cm³/mol. The third-order valence-corrected chi connectivity index (χ3v) is 3.08. The van der Waals surface area contributed by atoms with Gasteiger partial charge in [0.1, 0.15) is 5.82 Å². The first kappa shape index (κ1) is 14.7. The van der Waals surface area contributed by atoms with E-state index in [2.05, 4.69) is 5.32 Å². The average Bonchev–Trinajstić information content (AvgIpc) is 2.47. The molecule has 5 heteroatoms. The average molecular weight is 286 g/mol. The van der Waals surface area contributed by atoms with Gasteiger partial charge < -0.3 is 10.2 Å². The molecule has 108 valence electrons. The van der Waals surface area contributed by atoms with Gasteiger partial charge in [0, 0.05) is 19.5 Å². The summed E-state index contributed by atoms with van der Waals surface area (Å²) in [5.41, 5.74) is 1.15. The van der Waals surface area contributed by atoms with E-state index >= 15 is 0 Å². The van der Waals surface area contributed by atoms with Crippen molar-refractivity contribution in [1.29, 1.82) is 0 Å². The van der Waals surface area contributed by atoms with Gasteiger partial charge in [-0.05, 0) is 30.3 Å². The molecule has 2 aromatic rings. The smallest absolute Gasteiger partial charge is 0.255 e. The second kappa shape index (κ2) is 6.17. The lowest BCUT2D eigenvalue weighted by molar-refractivity contribution is -0.116. The molecule has 2 rings (SSSR count). The summed E-state index contributed by atoms with van der Waals surface area (Å²) in [7, 11) is 1.56. The van der Waals surface area contributed by atoms with Crippen LogP contribution in [0.2, 0.25) is 0 Å². The quantitative estimate of drug-likeness (QED) is 0.942. The molecule has 21 heavy (non-hydrogen) atoms. The molecule has 0 saturated heterocycles. The van der Waals surface area contributed by atoms with Gasteiger partial charge in [-0.15, -0.1) is 0 Å². The molecule has 0 aromatic heterocycles. The maximum Gasteiger partial charge on any atom is 0.255 e. The number of halogens is 1. The van der Waals surface area contributed by atoms with Crippen LogP contribution in [0.4, 0.5) is 15.8 Å². The molecule has 0 aliphatic carbocycles. The SMILES string of the molecule is CC(=O)N(C)c1ccc(F)cc1NC(=O)c1ccccc1. The number of hydrogen-bond acceptors (Lipinski definition) is 2. The fourth-order valence-corrected chi connectivity index (χ4v) is 1.85. The molecular weight excluding hydrogens is 271 g/mol. The lowest BCUT2D eigenvalue weighted by Gasteiger charge is -2.19. The standard InChI is InChI=1S/C16H15FN2O2/c1-11(20)19(2)15-9-8-13(17)10-14(15)18-16(21)12-6-4-3-5-7-12/h3-10H,1-2H3,(H,18,21). The van der Waals surface area contributed by atoms with Crippen LogP contribution in [0, 0.1) is 5.82 Å². The number of nitrogens with one attached hydrogen (secondary N) is 1. The van der Waals surface area contributed by atoms with E-state index in [0.717, 1.165) is 0 Å². The zero-order valence-electron chi connectivity index (χ0n) is 11.8. The highest BCUT2D eigenvalue weighted by molar-refractivity contribution is 6.07. The molecule has 0 aliphatic heterocycles. The highest BCUT2D eigenvalue weighted by Crippen LogP contribution is 2.26. The number of amides is 2. The fourth-order valence-electron chi connectivity index (χ4n) is 1.85. The topological polar surface area (TPSA) is 49.4 Å². The highest BCUT2D eigenvalue weighted by atomic mass is 19.1. The Hall–Kier alpha value is -2.69. The molecule has 2 aromatic carbocycles. The van der Waals surface area contributed by atoms with E-state index in [1.165, 1.54) is 30.0 Å². The summed E-state index contributed by atoms with van der Waals surface area (Å²) in [6, 6.07) is 12.5. The summed E-state index contributed by atoms with van der Waals surface area (Å²) in [4.78, 5) is 24.9. The Kier molecular flexibility index (Phi) is 4.33. The van der Waals surface area contributed by atoms with E-state index in [1.54, 1.807) is 37.4 Å². The Morgan fingerprint density at radius 1 is 1.10 bits per heavy atom. The molecule has 0 bridgehead atoms. The predicted octanol–water partition coefficient (Wildman–Crippen LogP) is 3.06. The van der Waals surface area contributed by atoms with E-state index < -0.39 is 5.82 Å². The first-order valence-corrected chi connectivity index (χ1v) is 6.39. The van der Waals surface area contributed by atoms with Crippen LogP contribution < -0.4 is 10.2 Å². The van der Waals surface area contributed by atoms with Crippen molar-refractivity contribution in [2.75, 3.05) is 17.3 Å². The Morgan fingerprint density at radius 2 is 1.76 bits per heavy atom. The molecule has 0 saturated carbocycles. The van der Waals surface area contributed by atoms with E-state index in [1.807, 2.05) is 0 Å². The molecule has 4 nitrogen and oxygen atoms in total. The second-order valence-electron chi connectivity index (χ2n) is 4.56. The van der Waals surface area contributed by atoms with Crippen molar-refractivity contribution in [2.45, 2.75) is 6.92 Å². The molecule has 1 N–H and O–H groups in total. The number of benzene rings is 2. The van der Waals surface area contributed by atoms with Crippen LogP contribution in [0.15, 0.2) is 48.5 Å². The molecule has 0 radical (unpaired) electrons. The van der Waals surface area contributed by atoms with Crippen molar-refractivity contribution in [3.8, 4) is 0 Å². The van der Waals surface area contributed by atoms with E-state index in [-0.39, 0.29) is 17.5 Å². The number of rotatable bonds is 3. The van der Waals surface area contributed by atoms with Gasteiger partial charge in [0.05, 0.1) is 11.4 Å². The number of anilines is 2. The van der Waals surface area contributed by atoms with Crippen molar-refractivity contribution in [2.24, 2.45) is 0 Å². The zero-order valence-corrected chi connectivity index (χ0v) is 11.8. The maximum atomic E-state index is 13.4. The molecule has 2 amide bonds. The number of carbonyl (C=O) groups excluding carboxylic acids is 2. The minimum atomic E-state index is -0.487. The number of carbonyl (C=O) groups is 2. The van der Waals surface area contributed by atoms with Gasteiger partial charge in [-0.3, -0.25) is 9.59 Å². The summed E-state index contributed by atoms with van der Waals surface area (Å²) in [6.07, 6.45) is 0. The third kappa shape index (κ3) is 3.45. The van der Waals surface area contributed by atoms with Gasteiger partial charge in [0.2, 0.25) is 5.91 Å². The maximum absolute atomic E-state index is 13.4. The normalized spacial score (nSPS) is 10.0. The van der Waals surface area contributed by atoms with E-state index in [4.69, 9.17) is 0 Å². The van der Waals surface area contributed by atoms with E-state index in [9.17, 15) is 14.0 Å². The van der Waals surface area contributed by atoms with Crippen molar-refractivity contribution in [1.82, 2.24) is 0 Å². The summed E-state index contributed by atoms with van der Waals surface area (Å²) < 4.78 is 13.4. The van der Waals surface area contributed by atoms with Crippen LogP contribution >= 0.6 is 0 Å². The lowest BCUT2D eigenvalue weighted by atomic mass is 10.2. The lowest BCUT2D eigenvalue weighted by Crippen LogP contribution is -2.25. The van der Waals surface area contributed by atoms with Gasteiger partial charge in [-0.2, -0.15) is 0 Å². The fraction of sp³-hybridized carbons (Fsp3) is 0.125. The van der Waals surface area contributed by atoms with Gasteiger partial charge >= 0.3 is 0 Å². The summed E-state index contributed by atoms with van der Waals surface area (Å²) in [5, 5.41) is 2.63.